The topological polar surface area (TPSA) is 82.3 Å². The van der Waals surface area contributed by atoms with E-state index in [9.17, 15) is 0 Å². The molecule has 5 aromatic heterocycles. The molecule has 0 saturated heterocycles. The Labute approximate surface area is 219 Å². The van der Waals surface area contributed by atoms with Crippen molar-refractivity contribution in [3.05, 3.63) is 84.4 Å². The van der Waals surface area contributed by atoms with Crippen molar-refractivity contribution in [3.63, 3.8) is 0 Å². The second-order valence-corrected chi connectivity index (χ2v) is 11.2. The number of allylic oxidation sites excluding steroid dienone is 1. The summed E-state index contributed by atoms with van der Waals surface area (Å²) in [5.41, 5.74) is 9.00. The Morgan fingerprint density at radius 1 is 0.946 bits per heavy atom. The largest absolute Gasteiger partial charge is 0.358 e. The number of fused-ring (bicyclic) bond motifs is 2. The molecule has 6 nitrogen and oxygen atoms in total. The number of hydrogen-bond donors (Lipinski definition) is 3. The molecule has 0 spiro atoms. The number of pyridine rings is 2. The second kappa shape index (κ2) is 9.33. The van der Waals surface area contributed by atoms with Gasteiger partial charge in [-0.2, -0.15) is 5.10 Å². The van der Waals surface area contributed by atoms with E-state index in [0.717, 1.165) is 67.7 Å². The van der Waals surface area contributed by atoms with Crippen molar-refractivity contribution in [1.29, 1.82) is 0 Å². The number of anilines is 1. The minimum Gasteiger partial charge on any atom is -0.358 e. The summed E-state index contributed by atoms with van der Waals surface area (Å²) in [6.45, 7) is 10.7. The van der Waals surface area contributed by atoms with Crippen molar-refractivity contribution in [2.75, 3.05) is 5.32 Å². The Balaban J connectivity index is 1.38. The number of aromatic amines is 2. The van der Waals surface area contributed by atoms with Crippen LogP contribution in [0.4, 0.5) is 5.69 Å². The molecule has 0 bridgehead atoms. The predicted molar refractivity (Wildman–Crippen MR) is 155 cm³/mol. The molecule has 3 N–H and O–H groups in total. The van der Waals surface area contributed by atoms with Gasteiger partial charge in [0.1, 0.15) is 5.69 Å². The maximum Gasteiger partial charge on any atom is 0.116 e. The summed E-state index contributed by atoms with van der Waals surface area (Å²) < 4.78 is 0. The average molecular weight is 505 g/mol. The van der Waals surface area contributed by atoms with E-state index in [1.807, 2.05) is 24.8 Å². The molecule has 0 aliphatic carbocycles. The van der Waals surface area contributed by atoms with Crippen LogP contribution in [0, 0.1) is 12.8 Å². The molecule has 0 fully saturated rings. The maximum absolute atomic E-state index is 4.67. The zero-order chi connectivity index (χ0) is 25.5. The lowest BCUT2D eigenvalue weighted by molar-refractivity contribution is 0.645. The predicted octanol–water partition coefficient (Wildman–Crippen LogP) is 8.18. The lowest BCUT2D eigenvalue weighted by atomic mass is 10.0. The zero-order valence-corrected chi connectivity index (χ0v) is 21.9. The maximum atomic E-state index is 4.67. The van der Waals surface area contributed by atoms with E-state index in [1.54, 1.807) is 11.3 Å². The highest BCUT2D eigenvalue weighted by molar-refractivity contribution is 7.15. The number of aromatic nitrogens is 5. The highest BCUT2D eigenvalue weighted by atomic mass is 32.1. The smallest absolute Gasteiger partial charge is 0.116 e. The fourth-order valence-corrected chi connectivity index (χ4v) is 5.66. The molecule has 37 heavy (non-hydrogen) atoms. The van der Waals surface area contributed by atoms with E-state index in [2.05, 4.69) is 100 Å². The monoisotopic (exact) mass is 504 g/mol. The lowest BCUT2D eigenvalue weighted by Crippen LogP contribution is -2.02. The molecule has 0 aliphatic rings. The number of H-pyrrole nitrogens is 2. The third-order valence-corrected chi connectivity index (χ3v) is 7.45. The Bertz CT molecular complexity index is 1750. The molecule has 0 unspecified atom stereocenters. The number of aryl methyl sites for hydroxylation is 1. The van der Waals surface area contributed by atoms with Gasteiger partial charge in [-0.25, -0.2) is 0 Å². The van der Waals surface area contributed by atoms with E-state index >= 15 is 0 Å². The summed E-state index contributed by atoms with van der Waals surface area (Å²) in [4.78, 5) is 15.0. The zero-order valence-electron chi connectivity index (χ0n) is 21.1. The van der Waals surface area contributed by atoms with Crippen molar-refractivity contribution >= 4 is 38.8 Å². The summed E-state index contributed by atoms with van der Waals surface area (Å²) >= 11 is 1.78. The highest BCUT2D eigenvalue weighted by Crippen LogP contribution is 2.37. The van der Waals surface area contributed by atoms with Crippen LogP contribution in [-0.2, 0) is 0 Å². The lowest BCUT2D eigenvalue weighted by Gasteiger charge is -2.12. The van der Waals surface area contributed by atoms with Gasteiger partial charge in [0.25, 0.3) is 0 Å². The van der Waals surface area contributed by atoms with Crippen molar-refractivity contribution < 1.29 is 0 Å². The fraction of sp³-hybridized carbons (Fsp3) is 0.167. The molecule has 6 aromatic rings. The van der Waals surface area contributed by atoms with Crippen molar-refractivity contribution in [1.82, 2.24) is 25.1 Å². The third-order valence-electron chi connectivity index (χ3n) is 6.42. The van der Waals surface area contributed by atoms with Crippen molar-refractivity contribution in [2.24, 2.45) is 5.92 Å². The van der Waals surface area contributed by atoms with Gasteiger partial charge in [0, 0.05) is 49.7 Å². The Kier molecular flexibility index (Phi) is 5.85. The third kappa shape index (κ3) is 4.54. The van der Waals surface area contributed by atoms with Crippen molar-refractivity contribution in [2.45, 2.75) is 27.2 Å². The quantitative estimate of drug-likeness (QED) is 0.205. The van der Waals surface area contributed by atoms with Gasteiger partial charge in [0.2, 0.25) is 0 Å². The van der Waals surface area contributed by atoms with Gasteiger partial charge in [-0.3, -0.25) is 15.1 Å². The van der Waals surface area contributed by atoms with Crippen molar-refractivity contribution in [3.8, 4) is 33.0 Å². The summed E-state index contributed by atoms with van der Waals surface area (Å²) in [6.07, 6.45) is 8.46. The van der Waals surface area contributed by atoms with E-state index < -0.39 is 0 Å². The van der Waals surface area contributed by atoms with E-state index in [4.69, 9.17) is 0 Å². The Morgan fingerprint density at radius 2 is 1.81 bits per heavy atom. The summed E-state index contributed by atoms with van der Waals surface area (Å²) in [5, 5.41) is 13.5. The van der Waals surface area contributed by atoms with Gasteiger partial charge in [-0.15, -0.1) is 11.3 Å². The minimum absolute atomic E-state index is 0.545. The van der Waals surface area contributed by atoms with Gasteiger partial charge < -0.3 is 10.3 Å². The molecule has 0 radical (unpaired) electrons. The van der Waals surface area contributed by atoms with Gasteiger partial charge in [0.15, 0.2) is 0 Å². The molecular formula is C30H28N6S. The molecule has 0 saturated carbocycles. The molecular weight excluding hydrogens is 476 g/mol. The van der Waals surface area contributed by atoms with E-state index in [1.165, 1.54) is 9.75 Å². The van der Waals surface area contributed by atoms with E-state index in [0.29, 0.717) is 5.92 Å². The second-order valence-electron chi connectivity index (χ2n) is 9.86. The summed E-state index contributed by atoms with van der Waals surface area (Å²) in [6, 6.07) is 14.9. The molecule has 1 aromatic carbocycles. The van der Waals surface area contributed by atoms with Crippen LogP contribution in [0.25, 0.3) is 54.8 Å². The fourth-order valence-electron chi connectivity index (χ4n) is 4.77. The van der Waals surface area contributed by atoms with Gasteiger partial charge in [0.05, 0.1) is 34.8 Å². The minimum atomic E-state index is 0.545. The first-order valence-electron chi connectivity index (χ1n) is 12.4. The van der Waals surface area contributed by atoms with Crippen LogP contribution in [0.15, 0.2) is 79.5 Å². The first-order chi connectivity index (χ1) is 17.9. The number of rotatable bonds is 7. The van der Waals surface area contributed by atoms with Gasteiger partial charge in [-0.1, -0.05) is 26.5 Å². The number of nitrogens with zero attached hydrogens (tertiary/aromatic N) is 3. The molecule has 0 amide bonds. The Morgan fingerprint density at radius 3 is 2.62 bits per heavy atom. The van der Waals surface area contributed by atoms with Crippen LogP contribution in [0.1, 0.15) is 25.1 Å². The molecule has 0 aliphatic heterocycles. The normalized spacial score (nSPS) is 11.6. The average Bonchev–Trinajstić information content (AvgIpc) is 3.60. The first-order valence-corrected chi connectivity index (χ1v) is 13.2. The standard InChI is InChI=1S/C30H28N6S/c1-17(2)9-18(3)33-22-10-21(13-31-14-22)20-6-7-26-24(11-20)30(36-35-26)27-12-23-25(15-32-16-28(23)34-27)29-8-5-19(4)37-29/h5-8,10-17,33-34H,3,9H2,1-2,4H3,(H,35,36). The number of hydrogen-bond acceptors (Lipinski definition) is 5. The molecule has 0 atom stereocenters. The summed E-state index contributed by atoms with van der Waals surface area (Å²) in [5.74, 6) is 0.545. The SMILES string of the molecule is C=C(CC(C)C)Nc1cncc(-c2ccc3[nH]nc(-c4cc5c(-c6ccc(C)s6)cncc5[nH]4)c3c2)c1. The molecule has 6 rings (SSSR count). The number of thiophene rings is 1. The van der Waals surface area contributed by atoms with Crippen LogP contribution < -0.4 is 5.32 Å². The van der Waals surface area contributed by atoms with Crippen LogP contribution in [-0.4, -0.2) is 25.1 Å². The van der Waals surface area contributed by atoms with Crippen LogP contribution in [0.2, 0.25) is 0 Å². The van der Waals surface area contributed by atoms with Crippen LogP contribution in [0.3, 0.4) is 0 Å². The highest BCUT2D eigenvalue weighted by Gasteiger charge is 2.15. The first kappa shape index (κ1) is 23.2. The van der Waals surface area contributed by atoms with E-state index in [-0.39, 0.29) is 0 Å². The Hall–Kier alpha value is -4.23. The molecule has 7 heteroatoms. The van der Waals surface area contributed by atoms with Gasteiger partial charge >= 0.3 is 0 Å². The summed E-state index contributed by atoms with van der Waals surface area (Å²) in [7, 11) is 0. The van der Waals surface area contributed by atoms with Crippen LogP contribution >= 0.6 is 11.3 Å². The molecule has 5 heterocycles. The van der Waals surface area contributed by atoms with Gasteiger partial charge in [-0.05, 0) is 61.2 Å². The molecule has 184 valence electrons. The number of nitrogens with one attached hydrogen (secondary N) is 3. The van der Waals surface area contributed by atoms with Crippen LogP contribution in [0.5, 0.6) is 0 Å². The number of benzene rings is 1.